The number of hydrogen-bond acceptors (Lipinski definition) is 7. The summed E-state index contributed by atoms with van der Waals surface area (Å²) in [5, 5.41) is 10.3. The fourth-order valence-corrected chi connectivity index (χ4v) is 3.80. The molecule has 0 spiro atoms. The Morgan fingerprint density at radius 1 is 1.12 bits per heavy atom. The number of H-pyrrole nitrogens is 2. The lowest BCUT2D eigenvalue weighted by molar-refractivity contribution is -0.115. The maximum atomic E-state index is 11.8. The number of anilines is 1. The zero-order valence-electron chi connectivity index (χ0n) is 18.0. The molecule has 0 saturated carbocycles. The molecule has 10 nitrogen and oxygen atoms in total. The minimum Gasteiger partial charge on any atom is -0.472 e. The summed E-state index contributed by atoms with van der Waals surface area (Å²) in [4.78, 5) is 33.2. The Morgan fingerprint density at radius 3 is 2.91 bits per heavy atom. The van der Waals surface area contributed by atoms with E-state index in [0.29, 0.717) is 40.5 Å². The number of pyridine rings is 3. The number of carbonyl (C=O) groups is 1. The average molecular weight is 450 g/mol. The maximum Gasteiger partial charge on any atom is 0.224 e. The van der Waals surface area contributed by atoms with E-state index in [1.165, 1.54) is 0 Å². The van der Waals surface area contributed by atoms with Crippen molar-refractivity contribution >= 4 is 33.8 Å². The molecule has 0 bridgehead atoms. The van der Waals surface area contributed by atoms with Gasteiger partial charge in [0.05, 0.1) is 41.1 Å². The highest BCUT2D eigenvalue weighted by atomic mass is 16.3. The van der Waals surface area contributed by atoms with Crippen molar-refractivity contribution in [2.75, 3.05) is 5.32 Å². The summed E-state index contributed by atoms with van der Waals surface area (Å²) < 4.78 is 5.24. The number of imidazole rings is 1. The molecule has 0 aromatic carbocycles. The molecule has 6 aromatic rings. The van der Waals surface area contributed by atoms with Crippen LogP contribution >= 0.6 is 0 Å². The van der Waals surface area contributed by atoms with Gasteiger partial charge in [-0.25, -0.2) is 15.0 Å². The molecule has 0 radical (unpaired) electrons. The molecule has 6 aromatic heterocycles. The molecule has 166 valence electrons. The van der Waals surface area contributed by atoms with Gasteiger partial charge in [0.15, 0.2) is 17.2 Å². The van der Waals surface area contributed by atoms with Gasteiger partial charge in [-0.15, -0.1) is 0 Å². The highest BCUT2D eigenvalue weighted by molar-refractivity contribution is 5.95. The van der Waals surface area contributed by atoms with Crippen LogP contribution in [0.25, 0.3) is 56.1 Å². The molecule has 1 amide bonds. The third-order valence-corrected chi connectivity index (χ3v) is 5.50. The normalized spacial score (nSPS) is 11.3. The number of rotatable bonds is 5. The van der Waals surface area contributed by atoms with Crippen molar-refractivity contribution in [2.24, 2.45) is 0 Å². The highest BCUT2D eigenvalue weighted by Crippen LogP contribution is 2.31. The van der Waals surface area contributed by atoms with E-state index in [0.717, 1.165) is 27.7 Å². The van der Waals surface area contributed by atoms with Crippen molar-refractivity contribution in [3.8, 4) is 33.9 Å². The van der Waals surface area contributed by atoms with Crippen LogP contribution in [0.4, 0.5) is 5.69 Å². The molecule has 34 heavy (non-hydrogen) atoms. The van der Waals surface area contributed by atoms with E-state index in [9.17, 15) is 4.79 Å². The molecule has 0 atom stereocenters. The van der Waals surface area contributed by atoms with Crippen molar-refractivity contribution in [1.29, 1.82) is 0 Å². The smallest absolute Gasteiger partial charge is 0.224 e. The van der Waals surface area contributed by atoms with E-state index in [1.54, 1.807) is 38.0 Å². The summed E-state index contributed by atoms with van der Waals surface area (Å²) in [6.45, 7) is 1.80. The van der Waals surface area contributed by atoms with Crippen molar-refractivity contribution in [2.45, 2.75) is 13.3 Å². The van der Waals surface area contributed by atoms with Gasteiger partial charge >= 0.3 is 0 Å². The molecule has 0 aliphatic carbocycles. The van der Waals surface area contributed by atoms with Crippen LogP contribution < -0.4 is 5.32 Å². The Kier molecular flexibility index (Phi) is 4.61. The fraction of sp³-hybridized carbons (Fsp3) is 0.0833. The van der Waals surface area contributed by atoms with Crippen molar-refractivity contribution in [3.63, 3.8) is 0 Å². The second-order valence-corrected chi connectivity index (χ2v) is 7.68. The lowest BCUT2D eigenvalue weighted by atomic mass is 10.1. The minimum absolute atomic E-state index is 0.0761. The first-order valence-electron chi connectivity index (χ1n) is 10.7. The molecule has 6 rings (SSSR count). The molecule has 0 unspecified atom stereocenters. The predicted octanol–water partition coefficient (Wildman–Crippen LogP) is 4.57. The van der Waals surface area contributed by atoms with Gasteiger partial charge in [0.1, 0.15) is 5.52 Å². The average Bonchev–Trinajstić information content (AvgIpc) is 3.62. The molecule has 0 saturated heterocycles. The van der Waals surface area contributed by atoms with Gasteiger partial charge in [0.25, 0.3) is 0 Å². The summed E-state index contributed by atoms with van der Waals surface area (Å²) in [6, 6.07) is 9.42. The summed E-state index contributed by atoms with van der Waals surface area (Å²) in [6.07, 6.45) is 8.73. The van der Waals surface area contributed by atoms with Crippen LogP contribution in [0.1, 0.15) is 13.3 Å². The third-order valence-electron chi connectivity index (χ3n) is 5.50. The van der Waals surface area contributed by atoms with Gasteiger partial charge in [-0.2, -0.15) is 5.10 Å². The quantitative estimate of drug-likeness (QED) is 0.350. The van der Waals surface area contributed by atoms with E-state index >= 15 is 0 Å². The second-order valence-electron chi connectivity index (χ2n) is 7.68. The topological polar surface area (TPSA) is 138 Å². The summed E-state index contributed by atoms with van der Waals surface area (Å²) in [7, 11) is 0. The van der Waals surface area contributed by atoms with Crippen molar-refractivity contribution < 1.29 is 9.21 Å². The molecule has 3 N–H and O–H groups in total. The number of fused-ring (bicyclic) bond motifs is 2. The van der Waals surface area contributed by atoms with Crippen LogP contribution in [0.3, 0.4) is 0 Å². The fourth-order valence-electron chi connectivity index (χ4n) is 3.80. The number of aromatic nitrogens is 7. The zero-order chi connectivity index (χ0) is 23.1. The van der Waals surface area contributed by atoms with Gasteiger partial charge < -0.3 is 14.7 Å². The first-order valence-corrected chi connectivity index (χ1v) is 10.7. The molecule has 10 heteroatoms. The first kappa shape index (κ1) is 19.8. The zero-order valence-corrected chi connectivity index (χ0v) is 18.0. The molecule has 0 aliphatic heterocycles. The van der Waals surface area contributed by atoms with Crippen LogP contribution in [-0.2, 0) is 4.79 Å². The van der Waals surface area contributed by atoms with E-state index in [4.69, 9.17) is 9.40 Å². The third kappa shape index (κ3) is 3.37. The Hall–Kier alpha value is -4.86. The lowest BCUT2D eigenvalue weighted by Gasteiger charge is -2.06. The van der Waals surface area contributed by atoms with Crippen LogP contribution in [0.5, 0.6) is 0 Å². The van der Waals surface area contributed by atoms with E-state index < -0.39 is 0 Å². The highest BCUT2D eigenvalue weighted by Gasteiger charge is 2.17. The van der Waals surface area contributed by atoms with Gasteiger partial charge in [-0.3, -0.25) is 14.9 Å². The number of hydrogen-bond donors (Lipinski definition) is 3. The van der Waals surface area contributed by atoms with Gasteiger partial charge in [-0.05, 0) is 30.3 Å². The Labute approximate surface area is 192 Å². The Balaban J connectivity index is 1.43. The lowest BCUT2D eigenvalue weighted by Crippen LogP contribution is -2.09. The van der Waals surface area contributed by atoms with Crippen molar-refractivity contribution in [1.82, 2.24) is 35.1 Å². The van der Waals surface area contributed by atoms with Gasteiger partial charge in [0.2, 0.25) is 5.91 Å². The number of amides is 1. The van der Waals surface area contributed by atoms with Gasteiger partial charge in [0, 0.05) is 35.5 Å². The molecule has 0 aliphatic rings. The molecule has 6 heterocycles. The number of aromatic amines is 2. The van der Waals surface area contributed by atoms with E-state index in [2.05, 4.69) is 35.5 Å². The summed E-state index contributed by atoms with van der Waals surface area (Å²) in [5.74, 6) is 0.476. The Morgan fingerprint density at radius 2 is 2.06 bits per heavy atom. The van der Waals surface area contributed by atoms with Crippen LogP contribution in [-0.4, -0.2) is 41.0 Å². The number of nitrogens with one attached hydrogen (secondary N) is 3. The number of furan rings is 1. The van der Waals surface area contributed by atoms with Crippen molar-refractivity contribution in [3.05, 3.63) is 61.4 Å². The minimum atomic E-state index is -0.0761. The molecular weight excluding hydrogens is 432 g/mol. The first-order chi connectivity index (χ1) is 16.7. The number of carbonyl (C=O) groups excluding carboxylic acids is 1. The van der Waals surface area contributed by atoms with Crippen LogP contribution in [0, 0.1) is 0 Å². The predicted molar refractivity (Wildman–Crippen MR) is 127 cm³/mol. The number of nitrogens with zero attached hydrogens (tertiary/aromatic N) is 5. The van der Waals surface area contributed by atoms with Crippen LogP contribution in [0.2, 0.25) is 0 Å². The van der Waals surface area contributed by atoms with Gasteiger partial charge in [-0.1, -0.05) is 6.92 Å². The molecule has 0 fully saturated rings. The second kappa shape index (κ2) is 7.93. The SMILES string of the molecule is CCC(=O)Nc1cncc(-c2ccc3[nH]nc(-c4nc5nccc(-c6ccoc6)c5[nH]4)c3n2)c1. The summed E-state index contributed by atoms with van der Waals surface area (Å²) in [5.41, 5.74) is 7.32. The monoisotopic (exact) mass is 450 g/mol. The largest absolute Gasteiger partial charge is 0.472 e. The van der Waals surface area contributed by atoms with Crippen LogP contribution in [0.15, 0.2) is 65.9 Å². The van der Waals surface area contributed by atoms with E-state index in [-0.39, 0.29) is 5.91 Å². The van der Waals surface area contributed by atoms with E-state index in [1.807, 2.05) is 30.3 Å². The molecular formula is C24H18N8O2. The summed E-state index contributed by atoms with van der Waals surface area (Å²) >= 11 is 0. The Bertz CT molecular complexity index is 1650. The standard InChI is InChI=1S/C24H18N8O2/c1-2-19(33)27-15-9-14(10-25-11-15)17-3-4-18-21(28-17)22(32-31-18)24-29-20-16(13-6-8-34-12-13)5-7-26-23(20)30-24/h3-12H,2H2,1H3,(H,27,33)(H,31,32)(H,26,29,30). The maximum absolute atomic E-state index is 11.8.